The molecule has 26 heavy (non-hydrogen) atoms. The Balaban J connectivity index is 2.32. The van der Waals surface area contributed by atoms with E-state index in [1.807, 2.05) is 37.3 Å². The van der Waals surface area contributed by atoms with E-state index in [-0.39, 0.29) is 11.6 Å². The number of hydrogen-bond donors (Lipinski definition) is 1. The van der Waals surface area contributed by atoms with Crippen molar-refractivity contribution in [2.45, 2.75) is 19.8 Å². The number of nitriles is 3. The number of fused-ring (bicyclic) bond motifs is 1. The molecule has 0 fully saturated rings. The van der Waals surface area contributed by atoms with Crippen molar-refractivity contribution in [3.8, 4) is 18.2 Å². The maximum absolute atomic E-state index is 10.0. The van der Waals surface area contributed by atoms with Crippen LogP contribution in [0.4, 0.5) is 0 Å². The van der Waals surface area contributed by atoms with Gasteiger partial charge in [-0.25, -0.2) is 0 Å². The van der Waals surface area contributed by atoms with Crippen LogP contribution in [0, 0.1) is 52.2 Å². The van der Waals surface area contributed by atoms with Crippen molar-refractivity contribution in [2.24, 2.45) is 17.1 Å². The summed E-state index contributed by atoms with van der Waals surface area (Å²) in [5.41, 5.74) is 7.99. The molecule has 1 aliphatic heterocycles. The lowest BCUT2D eigenvalue weighted by atomic mass is 9.58. The Labute approximate surface area is 154 Å². The van der Waals surface area contributed by atoms with Gasteiger partial charge in [-0.2, -0.15) is 15.8 Å². The Morgan fingerprint density at radius 2 is 2.00 bits per heavy atom. The minimum atomic E-state index is -1.54. The first-order chi connectivity index (χ1) is 12.5. The first kappa shape index (κ1) is 17.7. The summed E-state index contributed by atoms with van der Waals surface area (Å²) in [4.78, 5) is 2.26. The Kier molecular flexibility index (Phi) is 4.56. The highest BCUT2D eigenvalue weighted by Crippen LogP contribution is 2.54. The molecular weight excluding hydrogens is 322 g/mol. The van der Waals surface area contributed by atoms with Gasteiger partial charge in [0.1, 0.15) is 6.07 Å². The largest absolute Gasteiger partial charge is 0.399 e. The molecule has 0 spiro atoms. The fourth-order valence-corrected chi connectivity index (χ4v) is 4.24. The molecule has 0 saturated carbocycles. The molecule has 1 aromatic carbocycles. The van der Waals surface area contributed by atoms with Crippen LogP contribution >= 0.6 is 0 Å². The molecule has 0 unspecified atom stereocenters. The quantitative estimate of drug-likeness (QED) is 0.890. The molecule has 2 atom stereocenters. The minimum Gasteiger partial charge on any atom is -0.399 e. The summed E-state index contributed by atoms with van der Waals surface area (Å²) in [7, 11) is 0. The molecule has 2 N–H and O–H groups in total. The zero-order valence-corrected chi connectivity index (χ0v) is 15.0. The lowest BCUT2D eigenvalue weighted by Crippen LogP contribution is -2.48. The number of aryl methyl sites for hydroxylation is 1. The van der Waals surface area contributed by atoms with Crippen LogP contribution in [0.15, 0.2) is 47.2 Å². The van der Waals surface area contributed by atoms with Gasteiger partial charge < -0.3 is 5.73 Å². The number of likely N-dealkylation sites (N-methyl/N-ethyl adjacent to an activating group) is 1. The third-order valence-electron chi connectivity index (χ3n) is 5.59. The van der Waals surface area contributed by atoms with Gasteiger partial charge in [-0.15, -0.1) is 0 Å². The van der Waals surface area contributed by atoms with E-state index in [0.717, 1.165) is 29.8 Å². The van der Waals surface area contributed by atoms with E-state index in [4.69, 9.17) is 5.73 Å². The Morgan fingerprint density at radius 1 is 1.27 bits per heavy atom. The van der Waals surface area contributed by atoms with Crippen molar-refractivity contribution in [3.63, 3.8) is 0 Å². The van der Waals surface area contributed by atoms with E-state index in [1.165, 1.54) is 0 Å². The van der Waals surface area contributed by atoms with E-state index in [9.17, 15) is 15.8 Å². The fourth-order valence-electron chi connectivity index (χ4n) is 4.24. The van der Waals surface area contributed by atoms with Crippen molar-refractivity contribution in [1.82, 2.24) is 4.90 Å². The molecule has 1 aliphatic carbocycles. The molecule has 0 bridgehead atoms. The van der Waals surface area contributed by atoms with E-state index >= 15 is 0 Å². The predicted octanol–water partition coefficient (Wildman–Crippen LogP) is 2.74. The van der Waals surface area contributed by atoms with E-state index < -0.39 is 11.3 Å². The summed E-state index contributed by atoms with van der Waals surface area (Å²) in [6.45, 7) is 6.38. The highest BCUT2D eigenvalue weighted by molar-refractivity contribution is 5.59. The van der Waals surface area contributed by atoms with Gasteiger partial charge in [-0.3, -0.25) is 4.90 Å². The van der Waals surface area contributed by atoms with Crippen LogP contribution in [-0.4, -0.2) is 24.5 Å². The van der Waals surface area contributed by atoms with Crippen molar-refractivity contribution < 1.29 is 0 Å². The van der Waals surface area contributed by atoms with Gasteiger partial charge in [0.2, 0.25) is 0 Å². The van der Waals surface area contributed by atoms with Crippen molar-refractivity contribution >= 4 is 0 Å². The lowest BCUT2D eigenvalue weighted by Gasteiger charge is -2.45. The lowest BCUT2D eigenvalue weighted by molar-refractivity contribution is 0.214. The third kappa shape index (κ3) is 2.48. The number of hydrogen-bond acceptors (Lipinski definition) is 5. The zero-order chi connectivity index (χ0) is 18.9. The normalized spacial score (nSPS) is 24.7. The van der Waals surface area contributed by atoms with E-state index in [2.05, 4.69) is 30.0 Å². The number of rotatable bonds is 2. The van der Waals surface area contributed by atoms with E-state index in [0.29, 0.717) is 12.1 Å². The molecule has 0 aromatic heterocycles. The van der Waals surface area contributed by atoms with Crippen molar-refractivity contribution in [3.05, 3.63) is 58.3 Å². The fraction of sp³-hybridized carbons (Fsp3) is 0.381. The SMILES string of the molecule is CCN1CC=C2C(C#N)=C(N)C(C#N)(C#N)[C@H](c3cccc(C)c3)[C@@H]2C1. The summed E-state index contributed by atoms with van der Waals surface area (Å²) in [6, 6.07) is 14.4. The maximum atomic E-state index is 10.0. The predicted molar refractivity (Wildman–Crippen MR) is 98.1 cm³/mol. The molecular formula is C21H21N5. The Hall–Kier alpha value is -3.07. The second kappa shape index (κ2) is 6.68. The molecule has 0 radical (unpaired) electrons. The highest BCUT2D eigenvalue weighted by Gasteiger charge is 2.54. The van der Waals surface area contributed by atoms with Crippen LogP contribution in [0.5, 0.6) is 0 Å². The van der Waals surface area contributed by atoms with Gasteiger partial charge in [0, 0.05) is 24.9 Å². The van der Waals surface area contributed by atoms with E-state index in [1.54, 1.807) is 0 Å². The molecule has 130 valence electrons. The van der Waals surface area contributed by atoms with Crippen LogP contribution in [-0.2, 0) is 0 Å². The monoisotopic (exact) mass is 343 g/mol. The summed E-state index contributed by atoms with van der Waals surface area (Å²) in [6.07, 6.45) is 2.03. The van der Waals surface area contributed by atoms with Crippen LogP contribution < -0.4 is 5.73 Å². The molecule has 1 aromatic rings. The van der Waals surface area contributed by atoms with Gasteiger partial charge in [-0.1, -0.05) is 42.8 Å². The van der Waals surface area contributed by atoms with Gasteiger partial charge in [0.05, 0.1) is 23.4 Å². The number of nitrogens with zero attached hydrogens (tertiary/aromatic N) is 4. The summed E-state index contributed by atoms with van der Waals surface area (Å²) >= 11 is 0. The van der Waals surface area contributed by atoms with Gasteiger partial charge in [0.25, 0.3) is 0 Å². The minimum absolute atomic E-state index is 0.0870. The molecule has 3 rings (SSSR count). The molecule has 5 heteroatoms. The van der Waals surface area contributed by atoms with Crippen LogP contribution in [0.25, 0.3) is 0 Å². The summed E-state index contributed by atoms with van der Waals surface area (Å²) in [5.74, 6) is -0.526. The zero-order valence-electron chi connectivity index (χ0n) is 15.0. The number of allylic oxidation sites excluding steroid dienone is 2. The van der Waals surface area contributed by atoms with Gasteiger partial charge in [-0.05, 0) is 24.6 Å². The highest BCUT2D eigenvalue weighted by atomic mass is 15.1. The molecule has 0 amide bonds. The van der Waals surface area contributed by atoms with Crippen LogP contribution in [0.3, 0.4) is 0 Å². The van der Waals surface area contributed by atoms with Crippen molar-refractivity contribution in [2.75, 3.05) is 19.6 Å². The number of benzene rings is 1. The maximum Gasteiger partial charge on any atom is 0.191 e. The van der Waals surface area contributed by atoms with Crippen LogP contribution in [0.1, 0.15) is 24.0 Å². The summed E-state index contributed by atoms with van der Waals surface area (Å²) in [5, 5.41) is 29.7. The van der Waals surface area contributed by atoms with Crippen molar-refractivity contribution in [1.29, 1.82) is 15.8 Å². The first-order valence-corrected chi connectivity index (χ1v) is 8.74. The average Bonchev–Trinajstić information content (AvgIpc) is 2.66. The Morgan fingerprint density at radius 3 is 2.58 bits per heavy atom. The van der Waals surface area contributed by atoms with Crippen LogP contribution in [0.2, 0.25) is 0 Å². The standard InChI is InChI=1S/C21H21N5/c1-3-26-8-7-16-17(10-22)20(25)21(12-23,13-24)19(18(16)11-26)15-6-4-5-14(2)9-15/h4-7,9,18-19H,3,8,11,25H2,1-2H3/t18-,19-/m1/s1. The average molecular weight is 343 g/mol. The topological polar surface area (TPSA) is 101 Å². The second-order valence-electron chi connectivity index (χ2n) is 6.94. The molecule has 2 aliphatic rings. The molecule has 1 heterocycles. The van der Waals surface area contributed by atoms with Gasteiger partial charge >= 0.3 is 0 Å². The number of nitrogens with two attached hydrogens (primary N) is 1. The smallest absolute Gasteiger partial charge is 0.191 e. The second-order valence-corrected chi connectivity index (χ2v) is 6.94. The first-order valence-electron chi connectivity index (χ1n) is 8.74. The molecule has 0 saturated heterocycles. The Bertz CT molecular complexity index is 905. The molecule has 5 nitrogen and oxygen atoms in total. The summed E-state index contributed by atoms with van der Waals surface area (Å²) < 4.78 is 0. The third-order valence-corrected chi connectivity index (χ3v) is 5.59. The van der Waals surface area contributed by atoms with Gasteiger partial charge in [0.15, 0.2) is 5.41 Å².